The summed E-state index contributed by atoms with van der Waals surface area (Å²) in [6.45, 7) is 3.65. The van der Waals surface area contributed by atoms with Crippen LogP contribution in [-0.4, -0.2) is 29.2 Å². The minimum absolute atomic E-state index is 0.111. The zero-order valence-electron chi connectivity index (χ0n) is 15.2. The van der Waals surface area contributed by atoms with Gasteiger partial charge in [0.25, 0.3) is 5.91 Å². The monoisotopic (exact) mass is 347 g/mol. The highest BCUT2D eigenvalue weighted by atomic mass is 16.5. The number of nitrogens with one attached hydrogen (secondary N) is 1. The van der Waals surface area contributed by atoms with Crippen molar-refractivity contribution in [3.8, 4) is 0 Å². The van der Waals surface area contributed by atoms with E-state index in [1.165, 1.54) is 19.3 Å². The number of carbonyl (C=O) groups is 2. The number of aliphatic carboxylic acids is 1. The Morgan fingerprint density at radius 3 is 2.40 bits per heavy atom. The first kappa shape index (κ1) is 19.4. The van der Waals surface area contributed by atoms with Crippen molar-refractivity contribution >= 4 is 17.6 Å². The maximum atomic E-state index is 12.5. The molecule has 1 amide bonds. The Hall–Kier alpha value is -1.88. The smallest absolute Gasteiger partial charge is 0.306 e. The highest BCUT2D eigenvalue weighted by Gasteiger charge is 2.23. The predicted octanol–water partition coefficient (Wildman–Crippen LogP) is 4.02. The van der Waals surface area contributed by atoms with Gasteiger partial charge in [-0.1, -0.05) is 45.2 Å². The molecule has 0 heterocycles. The lowest BCUT2D eigenvalue weighted by atomic mass is 9.97. The summed E-state index contributed by atoms with van der Waals surface area (Å²) < 4.78 is 6.00. The largest absolute Gasteiger partial charge is 0.481 e. The van der Waals surface area contributed by atoms with Gasteiger partial charge in [-0.3, -0.25) is 9.59 Å². The van der Waals surface area contributed by atoms with Crippen molar-refractivity contribution in [3.05, 3.63) is 29.8 Å². The van der Waals surface area contributed by atoms with Gasteiger partial charge in [0.1, 0.15) is 6.10 Å². The van der Waals surface area contributed by atoms with Crippen LogP contribution in [0.25, 0.3) is 0 Å². The molecule has 1 saturated carbocycles. The van der Waals surface area contributed by atoms with E-state index in [1.807, 2.05) is 31.2 Å². The van der Waals surface area contributed by atoms with Gasteiger partial charge in [0, 0.05) is 5.69 Å². The Morgan fingerprint density at radius 1 is 1.20 bits per heavy atom. The Kier molecular flexibility index (Phi) is 7.44. The summed E-state index contributed by atoms with van der Waals surface area (Å²) >= 11 is 0. The molecule has 0 saturated heterocycles. The molecule has 0 bridgehead atoms. The third kappa shape index (κ3) is 6.16. The van der Waals surface area contributed by atoms with Crippen molar-refractivity contribution in [2.24, 2.45) is 5.92 Å². The average molecular weight is 347 g/mol. The summed E-state index contributed by atoms with van der Waals surface area (Å²) in [6, 6.07) is 7.35. The second-order valence-corrected chi connectivity index (χ2v) is 6.92. The highest BCUT2D eigenvalue weighted by molar-refractivity contribution is 5.94. The maximum Gasteiger partial charge on any atom is 0.306 e. The number of carboxylic acid groups (broad SMARTS) is 1. The zero-order chi connectivity index (χ0) is 18.2. The van der Waals surface area contributed by atoms with Crippen molar-refractivity contribution in [2.75, 3.05) is 5.32 Å². The zero-order valence-corrected chi connectivity index (χ0v) is 15.2. The number of carbonyl (C=O) groups excluding carboxylic acids is 1. The Balaban J connectivity index is 1.88. The van der Waals surface area contributed by atoms with Crippen molar-refractivity contribution < 1.29 is 19.4 Å². The summed E-state index contributed by atoms with van der Waals surface area (Å²) in [5.74, 6) is -1.34. The molecule has 5 heteroatoms. The molecule has 25 heavy (non-hydrogen) atoms. The molecule has 1 aromatic rings. The van der Waals surface area contributed by atoms with Gasteiger partial charge in [-0.05, 0) is 43.4 Å². The summed E-state index contributed by atoms with van der Waals surface area (Å²) in [7, 11) is 0. The van der Waals surface area contributed by atoms with Crippen LogP contribution in [0.15, 0.2) is 24.3 Å². The lowest BCUT2D eigenvalue weighted by Gasteiger charge is -2.26. The molecule has 5 nitrogen and oxygen atoms in total. The van der Waals surface area contributed by atoms with Crippen molar-refractivity contribution in [2.45, 2.75) is 71.0 Å². The second-order valence-electron chi connectivity index (χ2n) is 6.92. The van der Waals surface area contributed by atoms with Crippen LogP contribution < -0.4 is 5.32 Å². The summed E-state index contributed by atoms with van der Waals surface area (Å²) in [6.07, 6.45) is 6.61. The van der Waals surface area contributed by atoms with Gasteiger partial charge >= 0.3 is 5.97 Å². The highest BCUT2D eigenvalue weighted by Crippen LogP contribution is 2.23. The molecule has 1 aliphatic carbocycles. The number of carboxylic acids is 1. The van der Waals surface area contributed by atoms with Crippen LogP contribution in [-0.2, 0) is 20.7 Å². The number of hydrogen-bond acceptors (Lipinski definition) is 3. The van der Waals surface area contributed by atoms with Gasteiger partial charge in [0.05, 0.1) is 12.0 Å². The molecule has 2 rings (SSSR count). The van der Waals surface area contributed by atoms with E-state index in [4.69, 9.17) is 9.84 Å². The summed E-state index contributed by atoms with van der Waals surface area (Å²) in [5, 5.41) is 11.9. The Bertz CT molecular complexity index is 564. The standard InChI is InChI=1S/C20H29NO4/c1-3-18(25-17-7-5-4-6-8-17)19(22)21-16-11-9-15(10-12-16)13-14(2)20(23)24/h9-12,14,17-18H,3-8,13H2,1-2H3,(H,21,22)(H,23,24). The normalized spacial score (nSPS) is 17.7. The van der Waals surface area contributed by atoms with Crippen molar-refractivity contribution in [3.63, 3.8) is 0 Å². The van der Waals surface area contributed by atoms with Gasteiger partial charge < -0.3 is 15.2 Å². The Labute approximate surface area is 149 Å². The van der Waals surface area contributed by atoms with Crippen LogP contribution in [0.5, 0.6) is 0 Å². The molecule has 0 aromatic heterocycles. The molecule has 1 aromatic carbocycles. The van der Waals surface area contributed by atoms with E-state index in [0.717, 1.165) is 18.4 Å². The number of rotatable bonds is 8. The van der Waals surface area contributed by atoms with Gasteiger partial charge in [0.15, 0.2) is 0 Å². The van der Waals surface area contributed by atoms with Gasteiger partial charge in [0.2, 0.25) is 0 Å². The fourth-order valence-corrected chi connectivity index (χ4v) is 3.16. The van der Waals surface area contributed by atoms with E-state index < -0.39 is 18.0 Å². The quantitative estimate of drug-likeness (QED) is 0.745. The third-order valence-corrected chi connectivity index (χ3v) is 4.76. The minimum atomic E-state index is -0.803. The van der Waals surface area contributed by atoms with Gasteiger partial charge in [-0.25, -0.2) is 0 Å². The first-order valence-corrected chi connectivity index (χ1v) is 9.27. The summed E-state index contributed by atoms with van der Waals surface area (Å²) in [5.41, 5.74) is 1.65. The van der Waals surface area contributed by atoms with E-state index in [1.54, 1.807) is 6.92 Å². The average Bonchev–Trinajstić information content (AvgIpc) is 2.62. The van der Waals surface area contributed by atoms with Gasteiger partial charge in [-0.15, -0.1) is 0 Å². The van der Waals surface area contributed by atoms with Crippen molar-refractivity contribution in [1.82, 2.24) is 0 Å². The van der Waals surface area contributed by atoms with E-state index in [0.29, 0.717) is 18.5 Å². The first-order chi connectivity index (χ1) is 12.0. The van der Waals surface area contributed by atoms with Crippen LogP contribution in [0, 0.1) is 5.92 Å². The van der Waals surface area contributed by atoms with Crippen LogP contribution in [0.4, 0.5) is 5.69 Å². The molecular weight excluding hydrogens is 318 g/mol. The molecule has 138 valence electrons. The lowest BCUT2D eigenvalue weighted by Crippen LogP contribution is -2.34. The molecule has 0 spiro atoms. The lowest BCUT2D eigenvalue weighted by molar-refractivity contribution is -0.141. The predicted molar refractivity (Wildman–Crippen MR) is 97.6 cm³/mol. The topological polar surface area (TPSA) is 75.6 Å². The van der Waals surface area contributed by atoms with E-state index in [2.05, 4.69) is 5.32 Å². The summed E-state index contributed by atoms with van der Waals surface area (Å²) in [4.78, 5) is 23.4. The number of benzene rings is 1. The third-order valence-electron chi connectivity index (χ3n) is 4.76. The van der Waals surface area contributed by atoms with Gasteiger partial charge in [-0.2, -0.15) is 0 Å². The molecule has 2 unspecified atom stereocenters. The van der Waals surface area contributed by atoms with E-state index >= 15 is 0 Å². The van der Waals surface area contributed by atoms with Crippen LogP contribution in [0.2, 0.25) is 0 Å². The fraction of sp³-hybridized carbons (Fsp3) is 0.600. The molecule has 1 aliphatic rings. The molecule has 0 aliphatic heterocycles. The molecule has 1 fully saturated rings. The van der Waals surface area contributed by atoms with Crippen LogP contribution in [0.3, 0.4) is 0 Å². The SMILES string of the molecule is CCC(OC1CCCCC1)C(=O)Nc1ccc(CC(C)C(=O)O)cc1. The maximum absolute atomic E-state index is 12.5. The van der Waals surface area contributed by atoms with E-state index in [-0.39, 0.29) is 12.0 Å². The minimum Gasteiger partial charge on any atom is -0.481 e. The van der Waals surface area contributed by atoms with E-state index in [9.17, 15) is 9.59 Å². The number of anilines is 1. The molecule has 2 atom stereocenters. The number of hydrogen-bond donors (Lipinski definition) is 2. The molecule has 2 N–H and O–H groups in total. The first-order valence-electron chi connectivity index (χ1n) is 9.27. The number of amides is 1. The second kappa shape index (κ2) is 9.56. The van der Waals surface area contributed by atoms with Crippen LogP contribution in [0.1, 0.15) is 57.9 Å². The Morgan fingerprint density at radius 2 is 1.84 bits per heavy atom. The fourth-order valence-electron chi connectivity index (χ4n) is 3.16. The number of ether oxygens (including phenoxy) is 1. The molecular formula is C20H29NO4. The van der Waals surface area contributed by atoms with Crippen LogP contribution >= 0.6 is 0 Å². The van der Waals surface area contributed by atoms with Crippen molar-refractivity contribution in [1.29, 1.82) is 0 Å². The molecule has 0 radical (unpaired) electrons.